The van der Waals surface area contributed by atoms with Crippen molar-refractivity contribution < 1.29 is 9.47 Å². The van der Waals surface area contributed by atoms with Gasteiger partial charge in [-0.1, -0.05) is 133 Å². The lowest BCUT2D eigenvalue weighted by Gasteiger charge is -2.44. The Morgan fingerprint density at radius 2 is 1.37 bits per heavy atom. The van der Waals surface area contributed by atoms with Gasteiger partial charge >= 0.3 is 0 Å². The summed E-state index contributed by atoms with van der Waals surface area (Å²) in [6, 6.07) is 0. The molecule has 0 aromatic carbocycles. The van der Waals surface area contributed by atoms with Gasteiger partial charge in [-0.05, 0) is 75.5 Å². The van der Waals surface area contributed by atoms with E-state index in [0.29, 0.717) is 17.3 Å². The van der Waals surface area contributed by atoms with Gasteiger partial charge in [-0.15, -0.1) is 0 Å². The minimum Gasteiger partial charge on any atom is -0.374 e. The molecule has 1 rings (SSSR count). The van der Waals surface area contributed by atoms with Crippen LogP contribution >= 0.6 is 0 Å². The van der Waals surface area contributed by atoms with E-state index in [9.17, 15) is 0 Å². The lowest BCUT2D eigenvalue weighted by Crippen LogP contribution is -2.54. The van der Waals surface area contributed by atoms with Crippen LogP contribution in [0.2, 0.25) is 0 Å². The van der Waals surface area contributed by atoms with E-state index in [4.69, 9.17) is 15.2 Å². The van der Waals surface area contributed by atoms with Gasteiger partial charge in [0.2, 0.25) is 0 Å². The molecule has 8 atom stereocenters. The first-order valence-corrected chi connectivity index (χ1v) is 18.2. The van der Waals surface area contributed by atoms with Crippen molar-refractivity contribution in [3.8, 4) is 0 Å². The van der Waals surface area contributed by atoms with Crippen LogP contribution in [0.25, 0.3) is 0 Å². The summed E-state index contributed by atoms with van der Waals surface area (Å²) in [5.74, 6) is 3.81. The summed E-state index contributed by atoms with van der Waals surface area (Å²) in [6.45, 7) is 29.9. The van der Waals surface area contributed by atoms with E-state index in [0.717, 1.165) is 56.7 Å². The summed E-state index contributed by atoms with van der Waals surface area (Å²) in [5.41, 5.74) is 6.70. The van der Waals surface area contributed by atoms with Gasteiger partial charge in [0.1, 0.15) is 5.72 Å². The molecule has 246 valence electrons. The van der Waals surface area contributed by atoms with Crippen LogP contribution in [-0.4, -0.2) is 24.5 Å². The molecule has 8 unspecified atom stereocenters. The molecule has 0 aromatic rings. The Kier molecular flexibility index (Phi) is 17.1. The molecule has 0 aliphatic heterocycles. The van der Waals surface area contributed by atoms with Gasteiger partial charge in [0.25, 0.3) is 0 Å². The average Bonchev–Trinajstić information content (AvgIpc) is 3.31. The van der Waals surface area contributed by atoms with Crippen molar-refractivity contribution in [2.75, 3.05) is 13.2 Å². The van der Waals surface area contributed by atoms with Crippen LogP contribution in [0.1, 0.15) is 179 Å². The van der Waals surface area contributed by atoms with Gasteiger partial charge in [0.15, 0.2) is 0 Å². The van der Waals surface area contributed by atoms with E-state index >= 15 is 0 Å². The predicted octanol–water partition coefficient (Wildman–Crippen LogP) is 11.6. The number of rotatable bonds is 25. The highest BCUT2D eigenvalue weighted by molar-refractivity contribution is 5.18. The molecule has 0 spiro atoms. The van der Waals surface area contributed by atoms with Crippen molar-refractivity contribution in [1.82, 2.24) is 0 Å². The Morgan fingerprint density at radius 1 is 0.732 bits per heavy atom. The molecular formula is C38H77NO2. The Hall–Kier alpha value is -0.120. The topological polar surface area (TPSA) is 44.5 Å². The molecule has 0 bridgehead atoms. The maximum Gasteiger partial charge on any atom is 0.119 e. The van der Waals surface area contributed by atoms with Gasteiger partial charge < -0.3 is 15.2 Å². The molecule has 1 fully saturated rings. The second-order valence-corrected chi connectivity index (χ2v) is 16.0. The predicted molar refractivity (Wildman–Crippen MR) is 181 cm³/mol. The van der Waals surface area contributed by atoms with Crippen molar-refractivity contribution in [2.24, 2.45) is 46.2 Å². The molecule has 2 N–H and O–H groups in total. The van der Waals surface area contributed by atoms with E-state index in [1.165, 1.54) is 70.6 Å². The summed E-state index contributed by atoms with van der Waals surface area (Å²) < 4.78 is 13.0. The molecule has 0 radical (unpaired) electrons. The Balaban J connectivity index is 2.33. The summed E-state index contributed by atoms with van der Waals surface area (Å²) in [6.07, 6.45) is 18.7. The highest BCUT2D eigenvalue weighted by Crippen LogP contribution is 2.66. The molecule has 1 aliphatic rings. The maximum atomic E-state index is 6.83. The van der Waals surface area contributed by atoms with E-state index < -0.39 is 5.72 Å². The Bertz CT molecular complexity index is 692. The zero-order valence-corrected chi connectivity index (χ0v) is 30.3. The van der Waals surface area contributed by atoms with Crippen LogP contribution < -0.4 is 5.73 Å². The summed E-state index contributed by atoms with van der Waals surface area (Å²) in [4.78, 5) is 0. The number of nitrogens with two attached hydrogens (primary N) is 1. The molecule has 41 heavy (non-hydrogen) atoms. The third-order valence-electron chi connectivity index (χ3n) is 12.3. The van der Waals surface area contributed by atoms with E-state index in [2.05, 4.69) is 83.1 Å². The first-order valence-electron chi connectivity index (χ1n) is 18.2. The quantitative estimate of drug-likeness (QED) is 0.0864. The van der Waals surface area contributed by atoms with Crippen LogP contribution in [0.5, 0.6) is 0 Å². The van der Waals surface area contributed by atoms with Crippen molar-refractivity contribution in [3.05, 3.63) is 0 Å². The summed E-state index contributed by atoms with van der Waals surface area (Å²) in [7, 11) is 0. The van der Waals surface area contributed by atoms with Crippen LogP contribution in [0.15, 0.2) is 0 Å². The van der Waals surface area contributed by atoms with Crippen molar-refractivity contribution in [3.63, 3.8) is 0 Å². The first kappa shape index (κ1) is 38.9. The average molecular weight is 580 g/mol. The second-order valence-electron chi connectivity index (χ2n) is 16.0. The van der Waals surface area contributed by atoms with E-state index in [-0.39, 0.29) is 11.0 Å². The van der Waals surface area contributed by atoms with Crippen LogP contribution in [0.4, 0.5) is 0 Å². The van der Waals surface area contributed by atoms with Gasteiger partial charge in [-0.2, -0.15) is 0 Å². The SMILES string of the molecule is CCCCCC(C)(CCC)C(C)(N)OCCC(C)CCCC1(C)C(C)C1(C)OCCCCC(C)CCC(C)C(C)C. The van der Waals surface area contributed by atoms with E-state index in [1.807, 2.05) is 0 Å². The van der Waals surface area contributed by atoms with Crippen molar-refractivity contribution >= 4 is 0 Å². The lowest BCUT2D eigenvalue weighted by molar-refractivity contribution is -0.124. The maximum absolute atomic E-state index is 6.83. The van der Waals surface area contributed by atoms with Gasteiger partial charge in [-0.3, -0.25) is 0 Å². The molecule has 0 heterocycles. The molecule has 0 amide bonds. The molecular weight excluding hydrogens is 502 g/mol. The Morgan fingerprint density at radius 3 is 1.98 bits per heavy atom. The van der Waals surface area contributed by atoms with Crippen LogP contribution in [0, 0.1) is 40.4 Å². The summed E-state index contributed by atoms with van der Waals surface area (Å²) >= 11 is 0. The third kappa shape index (κ3) is 11.7. The second kappa shape index (κ2) is 18.0. The van der Waals surface area contributed by atoms with Crippen LogP contribution in [-0.2, 0) is 9.47 Å². The van der Waals surface area contributed by atoms with Crippen molar-refractivity contribution in [2.45, 2.75) is 191 Å². The molecule has 0 saturated heterocycles. The van der Waals surface area contributed by atoms with Crippen molar-refractivity contribution in [1.29, 1.82) is 0 Å². The largest absolute Gasteiger partial charge is 0.374 e. The highest BCUT2D eigenvalue weighted by atomic mass is 16.5. The fourth-order valence-corrected chi connectivity index (χ4v) is 7.31. The fraction of sp³-hybridized carbons (Fsp3) is 1.00. The molecule has 3 nitrogen and oxygen atoms in total. The summed E-state index contributed by atoms with van der Waals surface area (Å²) in [5, 5.41) is 0. The molecule has 0 aromatic heterocycles. The number of ether oxygens (including phenoxy) is 2. The van der Waals surface area contributed by atoms with Gasteiger partial charge in [-0.25, -0.2) is 0 Å². The number of hydrogen-bond donors (Lipinski definition) is 1. The minimum atomic E-state index is -0.559. The monoisotopic (exact) mass is 580 g/mol. The Labute approximate surface area is 259 Å². The lowest BCUT2D eigenvalue weighted by atomic mass is 9.72. The third-order valence-corrected chi connectivity index (χ3v) is 12.3. The first-order chi connectivity index (χ1) is 19.1. The molecule has 3 heteroatoms. The van der Waals surface area contributed by atoms with Gasteiger partial charge in [0, 0.05) is 24.0 Å². The van der Waals surface area contributed by atoms with E-state index in [1.54, 1.807) is 0 Å². The molecule has 1 aliphatic carbocycles. The standard InChI is InChI=1S/C38H77NO2/c1-13-15-17-26-35(9,25-14-2)38(12,39)41-29-24-32(6)21-19-27-36(10)34(8)37(36,11)40-28-18-16-20-31(5)22-23-33(7)30(3)4/h30-34H,13-29,39H2,1-12H3. The highest BCUT2D eigenvalue weighted by Gasteiger charge is 2.68. The number of hydrogen-bond acceptors (Lipinski definition) is 3. The zero-order chi connectivity index (χ0) is 31.3. The fourth-order valence-electron chi connectivity index (χ4n) is 7.31. The minimum absolute atomic E-state index is 0.0473. The van der Waals surface area contributed by atoms with Gasteiger partial charge in [0.05, 0.1) is 5.60 Å². The van der Waals surface area contributed by atoms with Crippen LogP contribution in [0.3, 0.4) is 0 Å². The number of unbranched alkanes of at least 4 members (excludes halogenated alkanes) is 3. The smallest absolute Gasteiger partial charge is 0.119 e. The molecule has 1 saturated carbocycles. The normalized spacial score (nSPS) is 27.8. The zero-order valence-electron chi connectivity index (χ0n) is 30.3.